The zero-order valence-corrected chi connectivity index (χ0v) is 12.4. The molecule has 3 heteroatoms. The first-order valence-corrected chi connectivity index (χ1v) is 7.51. The van der Waals surface area contributed by atoms with E-state index < -0.39 is 0 Å². The Balaban J connectivity index is 2.51. The third kappa shape index (κ3) is 5.19. The van der Waals surface area contributed by atoms with Crippen LogP contribution in [0.2, 0.25) is 0 Å². The monoisotopic (exact) mass is 254 g/mol. The van der Waals surface area contributed by atoms with Crippen LogP contribution in [0.3, 0.4) is 0 Å². The van der Waals surface area contributed by atoms with Crippen LogP contribution in [0, 0.1) is 0 Å². The summed E-state index contributed by atoms with van der Waals surface area (Å²) in [5, 5.41) is 3.38. The highest BCUT2D eigenvalue weighted by molar-refractivity contribution is 7.11. The van der Waals surface area contributed by atoms with E-state index in [2.05, 4.69) is 50.0 Å². The fourth-order valence-electron chi connectivity index (χ4n) is 1.86. The van der Waals surface area contributed by atoms with Crippen LogP contribution < -0.4 is 5.32 Å². The minimum Gasteiger partial charge on any atom is -0.312 e. The molecule has 0 aromatic carbocycles. The van der Waals surface area contributed by atoms with E-state index in [1.807, 2.05) is 11.3 Å². The lowest BCUT2D eigenvalue weighted by Crippen LogP contribution is -2.30. The highest BCUT2D eigenvalue weighted by atomic mass is 32.1. The van der Waals surface area contributed by atoms with E-state index in [0.29, 0.717) is 6.04 Å². The molecule has 0 saturated heterocycles. The fraction of sp³-hybridized carbons (Fsp3) is 0.714. The van der Waals surface area contributed by atoms with Gasteiger partial charge in [0.1, 0.15) is 0 Å². The Labute approximate surface area is 110 Å². The maximum absolute atomic E-state index is 3.38. The highest BCUT2D eigenvalue weighted by Gasteiger charge is 2.10. The Morgan fingerprint density at radius 3 is 2.53 bits per heavy atom. The second-order valence-corrected chi connectivity index (χ2v) is 5.97. The van der Waals surface area contributed by atoms with E-state index in [0.717, 1.165) is 19.6 Å². The molecule has 2 nitrogen and oxygen atoms in total. The van der Waals surface area contributed by atoms with E-state index in [9.17, 15) is 0 Å². The Morgan fingerprint density at radius 1 is 1.24 bits per heavy atom. The van der Waals surface area contributed by atoms with E-state index >= 15 is 0 Å². The van der Waals surface area contributed by atoms with Crippen LogP contribution in [-0.4, -0.2) is 24.0 Å². The fourth-order valence-corrected chi connectivity index (χ4v) is 2.87. The van der Waals surface area contributed by atoms with Crippen LogP contribution in [0.1, 0.15) is 43.9 Å². The van der Waals surface area contributed by atoms with Gasteiger partial charge in [-0.05, 0) is 45.5 Å². The molecule has 0 radical (unpaired) electrons. The largest absolute Gasteiger partial charge is 0.312 e. The van der Waals surface area contributed by atoms with Crippen molar-refractivity contribution >= 4 is 11.3 Å². The zero-order valence-electron chi connectivity index (χ0n) is 11.6. The van der Waals surface area contributed by atoms with Gasteiger partial charge in [-0.2, -0.15) is 0 Å². The summed E-state index contributed by atoms with van der Waals surface area (Å²) in [5.41, 5.74) is 0. The lowest BCUT2D eigenvalue weighted by Gasteiger charge is -2.25. The third-order valence-corrected chi connectivity index (χ3v) is 3.94. The quantitative estimate of drug-likeness (QED) is 0.764. The van der Waals surface area contributed by atoms with Crippen LogP contribution in [0.25, 0.3) is 0 Å². The molecule has 0 aliphatic carbocycles. The van der Waals surface area contributed by atoms with Gasteiger partial charge in [0.15, 0.2) is 0 Å². The van der Waals surface area contributed by atoms with Gasteiger partial charge < -0.3 is 5.32 Å². The first-order chi connectivity index (χ1) is 8.17. The molecular weight excluding hydrogens is 228 g/mol. The number of nitrogens with zero attached hydrogens (tertiary/aromatic N) is 1. The molecule has 0 bridgehead atoms. The maximum atomic E-state index is 3.38. The summed E-state index contributed by atoms with van der Waals surface area (Å²) in [7, 11) is 0. The van der Waals surface area contributed by atoms with Crippen LogP contribution in [0.15, 0.2) is 12.1 Å². The molecule has 1 aromatic rings. The summed E-state index contributed by atoms with van der Waals surface area (Å²) >= 11 is 1.94. The van der Waals surface area contributed by atoms with Crippen molar-refractivity contribution in [1.82, 2.24) is 10.2 Å². The molecule has 0 aliphatic rings. The second-order valence-electron chi connectivity index (χ2n) is 4.71. The summed E-state index contributed by atoms with van der Waals surface area (Å²) in [6.07, 6.45) is 1.23. The van der Waals surface area contributed by atoms with Gasteiger partial charge in [0.25, 0.3) is 0 Å². The lowest BCUT2D eigenvalue weighted by atomic mass is 10.2. The minimum absolute atomic E-state index is 0.634. The van der Waals surface area contributed by atoms with Gasteiger partial charge >= 0.3 is 0 Å². The Kier molecular flexibility index (Phi) is 6.78. The molecule has 1 aromatic heterocycles. The van der Waals surface area contributed by atoms with Crippen molar-refractivity contribution < 1.29 is 0 Å². The van der Waals surface area contributed by atoms with Gasteiger partial charge in [-0.3, -0.25) is 4.90 Å². The van der Waals surface area contributed by atoms with Crippen molar-refractivity contribution in [2.75, 3.05) is 13.1 Å². The predicted molar refractivity (Wildman–Crippen MR) is 77.5 cm³/mol. The molecule has 0 aliphatic heterocycles. The molecular formula is C14H26N2S. The minimum atomic E-state index is 0.634. The molecule has 0 unspecified atom stereocenters. The Hall–Kier alpha value is -0.380. The van der Waals surface area contributed by atoms with E-state index in [4.69, 9.17) is 0 Å². The van der Waals surface area contributed by atoms with Gasteiger partial charge in [0, 0.05) is 28.9 Å². The molecule has 1 rings (SSSR count). The molecule has 17 heavy (non-hydrogen) atoms. The summed E-state index contributed by atoms with van der Waals surface area (Å²) in [4.78, 5) is 5.48. The summed E-state index contributed by atoms with van der Waals surface area (Å²) < 4.78 is 0. The number of rotatable bonds is 8. The SMILES string of the molecule is CCCN(Cc1ccc(CNCC)s1)C(C)C. The van der Waals surface area contributed by atoms with Gasteiger partial charge in [0.2, 0.25) is 0 Å². The summed E-state index contributed by atoms with van der Waals surface area (Å²) in [6.45, 7) is 13.3. The second kappa shape index (κ2) is 7.85. The first kappa shape index (κ1) is 14.7. The number of thiophene rings is 1. The van der Waals surface area contributed by atoms with Crippen molar-refractivity contribution in [2.45, 2.75) is 53.2 Å². The number of hydrogen-bond donors (Lipinski definition) is 1. The summed E-state index contributed by atoms with van der Waals surface area (Å²) in [5.74, 6) is 0. The predicted octanol–water partition coefficient (Wildman–Crippen LogP) is 3.48. The van der Waals surface area contributed by atoms with E-state index in [1.165, 1.54) is 22.7 Å². The molecule has 0 atom stereocenters. The van der Waals surface area contributed by atoms with Crippen LogP contribution in [0.5, 0.6) is 0 Å². The normalized spacial score (nSPS) is 11.6. The van der Waals surface area contributed by atoms with Gasteiger partial charge in [-0.25, -0.2) is 0 Å². The van der Waals surface area contributed by atoms with Crippen LogP contribution in [-0.2, 0) is 13.1 Å². The molecule has 98 valence electrons. The standard InChI is InChI=1S/C14H26N2S/c1-5-9-16(12(3)4)11-14-8-7-13(17-14)10-15-6-2/h7-8,12,15H,5-6,9-11H2,1-4H3. The molecule has 1 heterocycles. The Morgan fingerprint density at radius 2 is 1.94 bits per heavy atom. The lowest BCUT2D eigenvalue weighted by molar-refractivity contribution is 0.215. The van der Waals surface area contributed by atoms with E-state index in [-0.39, 0.29) is 0 Å². The van der Waals surface area contributed by atoms with Crippen molar-refractivity contribution in [2.24, 2.45) is 0 Å². The smallest absolute Gasteiger partial charge is 0.0330 e. The van der Waals surface area contributed by atoms with Crippen molar-refractivity contribution in [1.29, 1.82) is 0 Å². The third-order valence-electron chi connectivity index (χ3n) is 2.87. The van der Waals surface area contributed by atoms with Crippen molar-refractivity contribution in [3.63, 3.8) is 0 Å². The average Bonchev–Trinajstić information content (AvgIpc) is 2.73. The van der Waals surface area contributed by atoms with Gasteiger partial charge in [-0.15, -0.1) is 11.3 Å². The number of hydrogen-bond acceptors (Lipinski definition) is 3. The first-order valence-electron chi connectivity index (χ1n) is 6.69. The Bertz CT molecular complexity index is 307. The van der Waals surface area contributed by atoms with Crippen LogP contribution >= 0.6 is 11.3 Å². The molecule has 0 amide bonds. The van der Waals surface area contributed by atoms with Crippen molar-refractivity contribution in [3.05, 3.63) is 21.9 Å². The topological polar surface area (TPSA) is 15.3 Å². The molecule has 1 N–H and O–H groups in total. The van der Waals surface area contributed by atoms with Gasteiger partial charge in [-0.1, -0.05) is 13.8 Å². The maximum Gasteiger partial charge on any atom is 0.0330 e. The van der Waals surface area contributed by atoms with Crippen LogP contribution in [0.4, 0.5) is 0 Å². The summed E-state index contributed by atoms with van der Waals surface area (Å²) in [6, 6.07) is 5.17. The zero-order chi connectivity index (χ0) is 12.7. The average molecular weight is 254 g/mol. The molecule has 0 fully saturated rings. The molecule has 0 saturated carbocycles. The van der Waals surface area contributed by atoms with E-state index in [1.54, 1.807) is 0 Å². The number of nitrogens with one attached hydrogen (secondary N) is 1. The van der Waals surface area contributed by atoms with Crippen molar-refractivity contribution in [3.8, 4) is 0 Å². The van der Waals surface area contributed by atoms with Gasteiger partial charge in [0.05, 0.1) is 0 Å². The molecule has 0 spiro atoms. The highest BCUT2D eigenvalue weighted by Crippen LogP contribution is 2.19.